The Morgan fingerprint density at radius 2 is 1.81 bits per heavy atom. The van der Waals surface area contributed by atoms with Gasteiger partial charge in [-0.25, -0.2) is 9.97 Å². The molecule has 0 atom stereocenters. The average Bonchev–Trinajstić information content (AvgIpc) is 2.92. The van der Waals surface area contributed by atoms with Gasteiger partial charge >= 0.3 is 0 Å². The predicted molar refractivity (Wildman–Crippen MR) is 108 cm³/mol. The molecule has 2 aromatic heterocycles. The van der Waals surface area contributed by atoms with Crippen LogP contribution >= 0.6 is 11.3 Å². The Balaban J connectivity index is 1.82. The van der Waals surface area contributed by atoms with Gasteiger partial charge < -0.3 is 5.32 Å². The van der Waals surface area contributed by atoms with Crippen molar-refractivity contribution in [1.82, 2.24) is 15.3 Å². The molecule has 3 aromatic rings. The van der Waals surface area contributed by atoms with E-state index in [0.717, 1.165) is 38.6 Å². The maximum absolute atomic E-state index is 12.7. The van der Waals surface area contributed by atoms with E-state index in [4.69, 9.17) is 4.98 Å². The molecule has 5 heteroatoms. The molecule has 0 unspecified atom stereocenters. The molecule has 0 fully saturated rings. The summed E-state index contributed by atoms with van der Waals surface area (Å²) in [6.07, 6.45) is 0.823. The molecule has 136 valence electrons. The highest BCUT2D eigenvalue weighted by Gasteiger charge is 2.23. The van der Waals surface area contributed by atoms with Crippen LogP contribution < -0.4 is 5.32 Å². The van der Waals surface area contributed by atoms with Crippen LogP contribution in [0.25, 0.3) is 10.2 Å². The van der Waals surface area contributed by atoms with E-state index >= 15 is 0 Å². The number of rotatable bonds is 4. The van der Waals surface area contributed by atoms with Gasteiger partial charge in [0, 0.05) is 17.3 Å². The first-order chi connectivity index (χ1) is 12.3. The Morgan fingerprint density at radius 3 is 2.46 bits per heavy atom. The minimum absolute atomic E-state index is 0.0295. The van der Waals surface area contributed by atoms with Crippen molar-refractivity contribution in [1.29, 1.82) is 0 Å². The first kappa shape index (κ1) is 18.5. The lowest BCUT2D eigenvalue weighted by Gasteiger charge is -2.16. The molecule has 0 saturated heterocycles. The summed E-state index contributed by atoms with van der Waals surface area (Å²) in [5.41, 5.74) is 3.02. The smallest absolute Gasteiger partial charge is 0.261 e. The first-order valence-corrected chi connectivity index (χ1v) is 9.69. The van der Waals surface area contributed by atoms with Gasteiger partial charge in [0.1, 0.15) is 10.7 Å². The molecule has 2 heterocycles. The van der Waals surface area contributed by atoms with Crippen LogP contribution in [-0.2, 0) is 11.8 Å². The lowest BCUT2D eigenvalue weighted by atomic mass is 9.95. The van der Waals surface area contributed by atoms with Gasteiger partial charge in [-0.1, -0.05) is 51.1 Å². The molecule has 0 aliphatic rings. The molecule has 0 radical (unpaired) electrons. The first-order valence-electron chi connectivity index (χ1n) is 8.87. The van der Waals surface area contributed by atoms with E-state index in [1.54, 1.807) is 0 Å². The summed E-state index contributed by atoms with van der Waals surface area (Å²) in [6, 6.07) is 10.2. The molecule has 0 spiro atoms. The summed E-state index contributed by atoms with van der Waals surface area (Å²) in [5, 5.41) is 4.05. The third-order valence-corrected chi connectivity index (χ3v) is 5.57. The number of aryl methyl sites for hydroxylation is 2. The van der Waals surface area contributed by atoms with Crippen molar-refractivity contribution >= 4 is 27.5 Å². The SMILES string of the molecule is Cc1nc(C(C)(C)C)nc2sc(C(=O)NCCc3ccccc3)c(C)c12. The summed E-state index contributed by atoms with van der Waals surface area (Å²) in [5.74, 6) is 0.790. The van der Waals surface area contributed by atoms with Crippen LogP contribution in [0, 0.1) is 13.8 Å². The second-order valence-corrected chi connectivity index (χ2v) is 8.61. The minimum Gasteiger partial charge on any atom is -0.351 e. The van der Waals surface area contributed by atoms with Crippen molar-refractivity contribution in [3.63, 3.8) is 0 Å². The quantitative estimate of drug-likeness (QED) is 0.734. The van der Waals surface area contributed by atoms with E-state index in [1.165, 1.54) is 16.9 Å². The van der Waals surface area contributed by atoms with Crippen LogP contribution in [0.15, 0.2) is 30.3 Å². The Kier molecular flexibility index (Phi) is 5.10. The fourth-order valence-electron chi connectivity index (χ4n) is 2.94. The van der Waals surface area contributed by atoms with Crippen molar-refractivity contribution in [2.24, 2.45) is 0 Å². The van der Waals surface area contributed by atoms with Gasteiger partial charge in [-0.15, -0.1) is 11.3 Å². The largest absolute Gasteiger partial charge is 0.351 e. The third kappa shape index (κ3) is 3.78. The normalized spacial score (nSPS) is 11.7. The number of hydrogen-bond donors (Lipinski definition) is 1. The van der Waals surface area contributed by atoms with Crippen LogP contribution in [0.2, 0.25) is 0 Å². The molecule has 1 aromatic carbocycles. The van der Waals surface area contributed by atoms with E-state index in [2.05, 4.69) is 43.2 Å². The van der Waals surface area contributed by atoms with Crippen molar-refractivity contribution in [2.45, 2.75) is 46.5 Å². The van der Waals surface area contributed by atoms with Crippen molar-refractivity contribution in [2.75, 3.05) is 6.54 Å². The Labute approximate surface area is 158 Å². The highest BCUT2D eigenvalue weighted by atomic mass is 32.1. The van der Waals surface area contributed by atoms with Crippen molar-refractivity contribution in [3.05, 3.63) is 57.9 Å². The molecule has 1 amide bonds. The molecule has 1 N–H and O–H groups in total. The maximum Gasteiger partial charge on any atom is 0.261 e. The van der Waals surface area contributed by atoms with Crippen LogP contribution in [-0.4, -0.2) is 22.4 Å². The molecule has 0 aliphatic heterocycles. The minimum atomic E-state index is -0.116. The zero-order chi connectivity index (χ0) is 18.9. The summed E-state index contributed by atoms with van der Waals surface area (Å²) < 4.78 is 0. The fraction of sp³-hybridized carbons (Fsp3) is 0.381. The Bertz CT molecular complexity index is 939. The lowest BCUT2D eigenvalue weighted by Crippen LogP contribution is -2.25. The predicted octanol–water partition coefficient (Wildman–Crippen LogP) is 4.58. The molecular formula is C21H25N3OS. The molecule has 0 aliphatic carbocycles. The number of amides is 1. The lowest BCUT2D eigenvalue weighted by molar-refractivity contribution is 0.0957. The number of hydrogen-bond acceptors (Lipinski definition) is 4. The average molecular weight is 368 g/mol. The van der Waals surface area contributed by atoms with Gasteiger partial charge in [0.15, 0.2) is 0 Å². The Hall–Kier alpha value is -2.27. The number of benzene rings is 1. The zero-order valence-electron chi connectivity index (χ0n) is 16.0. The van der Waals surface area contributed by atoms with Gasteiger partial charge in [-0.3, -0.25) is 4.79 Å². The van der Waals surface area contributed by atoms with E-state index in [9.17, 15) is 4.79 Å². The van der Waals surface area contributed by atoms with E-state index in [0.29, 0.717) is 6.54 Å². The second kappa shape index (κ2) is 7.16. The molecule has 26 heavy (non-hydrogen) atoms. The van der Waals surface area contributed by atoms with Crippen LogP contribution in [0.3, 0.4) is 0 Å². The van der Waals surface area contributed by atoms with Crippen molar-refractivity contribution in [3.8, 4) is 0 Å². The molecular weight excluding hydrogens is 342 g/mol. The van der Waals surface area contributed by atoms with Gasteiger partial charge in [-0.05, 0) is 31.4 Å². The topological polar surface area (TPSA) is 54.9 Å². The zero-order valence-corrected chi connectivity index (χ0v) is 16.8. The van der Waals surface area contributed by atoms with Gasteiger partial charge in [0.05, 0.1) is 10.6 Å². The summed E-state index contributed by atoms with van der Waals surface area (Å²) in [4.78, 5) is 23.7. The third-order valence-electron chi connectivity index (χ3n) is 4.39. The number of carbonyl (C=O) groups is 1. The van der Waals surface area contributed by atoms with Crippen LogP contribution in [0.5, 0.6) is 0 Å². The van der Waals surface area contributed by atoms with E-state index in [-0.39, 0.29) is 11.3 Å². The Morgan fingerprint density at radius 1 is 1.12 bits per heavy atom. The van der Waals surface area contributed by atoms with Gasteiger partial charge in [0.25, 0.3) is 5.91 Å². The summed E-state index contributed by atoms with van der Waals surface area (Å²) >= 11 is 1.46. The van der Waals surface area contributed by atoms with Gasteiger partial charge in [0.2, 0.25) is 0 Å². The number of carbonyl (C=O) groups excluding carboxylic acids is 1. The van der Waals surface area contributed by atoms with E-state index < -0.39 is 0 Å². The summed E-state index contributed by atoms with van der Waals surface area (Å²) in [7, 11) is 0. The fourth-order valence-corrected chi connectivity index (χ4v) is 4.08. The number of nitrogens with one attached hydrogen (secondary N) is 1. The summed E-state index contributed by atoms with van der Waals surface area (Å²) in [6.45, 7) is 10.9. The standard InChI is InChI=1S/C21H25N3OS/c1-13-16-14(2)23-20(21(3,4)5)24-19(16)26-17(13)18(25)22-12-11-15-9-7-6-8-10-15/h6-10H,11-12H2,1-5H3,(H,22,25). The number of thiophene rings is 1. The number of aromatic nitrogens is 2. The second-order valence-electron chi connectivity index (χ2n) is 7.61. The molecule has 3 rings (SSSR count). The molecule has 0 bridgehead atoms. The maximum atomic E-state index is 12.7. The van der Waals surface area contributed by atoms with Crippen LogP contribution in [0.4, 0.5) is 0 Å². The highest BCUT2D eigenvalue weighted by Crippen LogP contribution is 2.33. The van der Waals surface area contributed by atoms with E-state index in [1.807, 2.05) is 32.0 Å². The molecule has 0 saturated carbocycles. The highest BCUT2D eigenvalue weighted by molar-refractivity contribution is 7.20. The van der Waals surface area contributed by atoms with Crippen LogP contribution in [0.1, 0.15) is 53.1 Å². The number of nitrogens with zero attached hydrogens (tertiary/aromatic N) is 2. The van der Waals surface area contributed by atoms with Gasteiger partial charge in [-0.2, -0.15) is 0 Å². The monoisotopic (exact) mass is 367 g/mol. The number of fused-ring (bicyclic) bond motifs is 1. The molecule has 4 nitrogen and oxygen atoms in total. The van der Waals surface area contributed by atoms with Crippen molar-refractivity contribution < 1.29 is 4.79 Å².